The molecule has 0 unspecified atom stereocenters. The van der Waals surface area contributed by atoms with E-state index in [2.05, 4.69) is 23.5 Å². The van der Waals surface area contributed by atoms with Crippen LogP contribution in [-0.4, -0.2) is 41.9 Å². The van der Waals surface area contributed by atoms with E-state index in [0.717, 1.165) is 0 Å². The second-order valence-electron chi connectivity index (χ2n) is 7.13. The summed E-state index contributed by atoms with van der Waals surface area (Å²) in [5.41, 5.74) is -0.328. The number of nitrogens with zero attached hydrogens (tertiary/aromatic N) is 4. The predicted octanol–water partition coefficient (Wildman–Crippen LogP) is 2.14. The van der Waals surface area contributed by atoms with E-state index < -0.39 is 17.2 Å². The second-order valence-corrected chi connectivity index (χ2v) is 7.40. The Morgan fingerprint density at radius 3 is 2.52 bits per heavy atom. The van der Waals surface area contributed by atoms with Gasteiger partial charge in [0.2, 0.25) is 5.91 Å². The van der Waals surface area contributed by atoms with E-state index in [0.29, 0.717) is 24.2 Å². The number of alkyl halides is 1. The largest absolute Gasteiger partial charge is 0.508 e. The number of rotatable bonds is 3. The van der Waals surface area contributed by atoms with Crippen LogP contribution in [0.1, 0.15) is 11.5 Å². The number of phenolic OH excluding ortho intramolecular Hbond substituents is 1. The smallest absolute Gasteiger partial charge is 0.239 e. The summed E-state index contributed by atoms with van der Waals surface area (Å²) in [5, 5.41) is 42.4. The number of nitrogens with one attached hydrogen (secondary N) is 1. The Morgan fingerprint density at radius 1 is 1.31 bits per heavy atom. The van der Waals surface area contributed by atoms with Crippen LogP contribution in [0.3, 0.4) is 0 Å². The van der Waals surface area contributed by atoms with Gasteiger partial charge in [-0.3, -0.25) is 4.79 Å². The Hall–Kier alpha value is -3.31. The fourth-order valence-electron chi connectivity index (χ4n) is 4.18. The number of benzene rings is 1. The molecule has 1 aliphatic carbocycles. The molecule has 2 N–H and O–H groups in total. The number of hydrogen-bond acceptors (Lipinski definition) is 6. The van der Waals surface area contributed by atoms with E-state index in [1.54, 1.807) is 12.1 Å². The number of carbonyl (C=O) groups is 1. The van der Waals surface area contributed by atoms with E-state index in [1.165, 1.54) is 12.1 Å². The van der Waals surface area contributed by atoms with Gasteiger partial charge in [-0.25, -0.2) is 0 Å². The molecule has 1 aromatic rings. The summed E-state index contributed by atoms with van der Waals surface area (Å²) in [6, 6.07) is 12.6. The maximum atomic E-state index is 12.1. The van der Waals surface area contributed by atoms with Gasteiger partial charge < -0.3 is 15.3 Å². The molecular formula is C21H18ClN5O2. The van der Waals surface area contributed by atoms with Crippen LogP contribution in [0.2, 0.25) is 0 Å². The first kappa shape index (κ1) is 20.4. The van der Waals surface area contributed by atoms with Gasteiger partial charge in [0.1, 0.15) is 17.7 Å². The maximum Gasteiger partial charge on any atom is 0.239 e. The highest BCUT2D eigenvalue weighted by Crippen LogP contribution is 2.54. The van der Waals surface area contributed by atoms with Crippen molar-refractivity contribution in [3.63, 3.8) is 0 Å². The highest BCUT2D eigenvalue weighted by Gasteiger charge is 2.55. The highest BCUT2D eigenvalue weighted by atomic mass is 35.5. The van der Waals surface area contributed by atoms with Crippen LogP contribution in [0.15, 0.2) is 47.2 Å². The summed E-state index contributed by atoms with van der Waals surface area (Å²) in [6.07, 6.45) is 1.89. The van der Waals surface area contributed by atoms with E-state index in [4.69, 9.17) is 11.6 Å². The van der Waals surface area contributed by atoms with Crippen LogP contribution >= 0.6 is 11.6 Å². The molecule has 7 nitrogen and oxygen atoms in total. The average molecular weight is 408 g/mol. The Kier molecular flexibility index (Phi) is 5.62. The molecule has 8 heteroatoms. The Morgan fingerprint density at radius 2 is 1.97 bits per heavy atom. The summed E-state index contributed by atoms with van der Waals surface area (Å²) >= 11 is 5.64. The van der Waals surface area contributed by atoms with Crippen molar-refractivity contribution in [3.8, 4) is 24.0 Å². The first-order valence-corrected chi connectivity index (χ1v) is 9.46. The fraction of sp³-hybridized carbons (Fsp3) is 0.333. The molecule has 2 aliphatic rings. The standard InChI is InChI=1S/C21H18ClN5O2/c1-27-7-6-15-16(9-23)20(26-18(29)8-22)21(11-24,12-25)19(17(15)10-27)13-2-4-14(28)5-3-13/h2-6,17,19,28H,7-8,10H2,1H3,(H,26,29)/t17-,19+/m0/s1. The van der Waals surface area contributed by atoms with E-state index in [-0.39, 0.29) is 28.8 Å². The molecule has 0 spiro atoms. The Bertz CT molecular complexity index is 1010. The lowest BCUT2D eigenvalue weighted by Gasteiger charge is -2.45. The van der Waals surface area contributed by atoms with Gasteiger partial charge in [0, 0.05) is 24.9 Å². The fourth-order valence-corrected chi connectivity index (χ4v) is 4.25. The van der Waals surface area contributed by atoms with E-state index in [9.17, 15) is 25.7 Å². The zero-order chi connectivity index (χ0) is 21.2. The van der Waals surface area contributed by atoms with Crippen molar-refractivity contribution in [2.45, 2.75) is 5.92 Å². The molecule has 146 valence electrons. The van der Waals surface area contributed by atoms with Crippen molar-refractivity contribution in [1.82, 2.24) is 10.2 Å². The van der Waals surface area contributed by atoms with E-state index >= 15 is 0 Å². The molecule has 1 aromatic carbocycles. The Labute approximate surface area is 173 Å². The van der Waals surface area contributed by atoms with Crippen molar-refractivity contribution >= 4 is 17.5 Å². The average Bonchev–Trinajstić information content (AvgIpc) is 2.73. The number of nitriles is 3. The molecule has 0 radical (unpaired) electrons. The van der Waals surface area contributed by atoms with Crippen molar-refractivity contribution in [1.29, 1.82) is 15.8 Å². The van der Waals surface area contributed by atoms with Crippen LogP contribution in [0, 0.1) is 45.3 Å². The topological polar surface area (TPSA) is 124 Å². The van der Waals surface area contributed by atoms with Gasteiger partial charge in [-0.05, 0) is 30.3 Å². The maximum absolute atomic E-state index is 12.1. The van der Waals surface area contributed by atoms with Gasteiger partial charge in [0.15, 0.2) is 5.41 Å². The summed E-state index contributed by atoms with van der Waals surface area (Å²) in [5.74, 6) is -1.88. The zero-order valence-electron chi connectivity index (χ0n) is 15.7. The lowest BCUT2D eigenvalue weighted by atomic mass is 9.58. The molecule has 3 rings (SSSR count). The van der Waals surface area contributed by atoms with Crippen molar-refractivity contribution in [2.24, 2.45) is 11.3 Å². The minimum Gasteiger partial charge on any atom is -0.508 e. The second kappa shape index (κ2) is 7.97. The van der Waals surface area contributed by atoms with Gasteiger partial charge in [-0.15, -0.1) is 11.6 Å². The molecule has 0 fully saturated rings. The lowest BCUT2D eigenvalue weighted by Crippen LogP contribution is -2.49. The first-order chi connectivity index (χ1) is 13.9. The minimum absolute atomic E-state index is 0.0271. The third-order valence-electron chi connectivity index (χ3n) is 5.44. The quantitative estimate of drug-likeness (QED) is 0.739. The first-order valence-electron chi connectivity index (χ1n) is 8.92. The number of amides is 1. The molecule has 0 bridgehead atoms. The Balaban J connectivity index is 2.35. The van der Waals surface area contributed by atoms with Gasteiger partial charge >= 0.3 is 0 Å². The molecular weight excluding hydrogens is 390 g/mol. The predicted molar refractivity (Wildman–Crippen MR) is 105 cm³/mol. The van der Waals surface area contributed by atoms with Crippen molar-refractivity contribution < 1.29 is 9.90 Å². The summed E-state index contributed by atoms with van der Waals surface area (Å²) in [4.78, 5) is 14.1. The van der Waals surface area contributed by atoms with Crippen molar-refractivity contribution in [3.05, 3.63) is 52.7 Å². The molecule has 1 aliphatic heterocycles. The number of likely N-dealkylation sites (N-methyl/N-ethyl adjacent to an activating group) is 1. The van der Waals surface area contributed by atoms with Gasteiger partial charge in [0.05, 0.1) is 23.4 Å². The van der Waals surface area contributed by atoms with Gasteiger partial charge in [0.25, 0.3) is 0 Å². The van der Waals surface area contributed by atoms with E-state index in [1.807, 2.05) is 18.0 Å². The monoisotopic (exact) mass is 407 g/mol. The molecule has 0 saturated carbocycles. The number of phenols is 1. The third-order valence-corrected chi connectivity index (χ3v) is 5.68. The number of halogens is 1. The van der Waals surface area contributed by atoms with Gasteiger partial charge in [-0.2, -0.15) is 15.8 Å². The number of allylic oxidation sites excluding steroid dienone is 2. The lowest BCUT2D eigenvalue weighted by molar-refractivity contribution is -0.118. The zero-order valence-corrected chi connectivity index (χ0v) is 16.4. The number of aromatic hydroxyl groups is 1. The van der Waals surface area contributed by atoms with Crippen LogP contribution in [0.4, 0.5) is 0 Å². The molecule has 2 atom stereocenters. The van der Waals surface area contributed by atoms with Crippen LogP contribution < -0.4 is 5.32 Å². The third kappa shape index (κ3) is 3.34. The van der Waals surface area contributed by atoms with Crippen molar-refractivity contribution in [2.75, 3.05) is 26.0 Å². The normalized spacial score (nSPS) is 23.1. The molecule has 1 heterocycles. The van der Waals surface area contributed by atoms with Crippen LogP contribution in [-0.2, 0) is 4.79 Å². The summed E-state index contributed by atoms with van der Waals surface area (Å²) < 4.78 is 0. The summed E-state index contributed by atoms with van der Waals surface area (Å²) in [6.45, 7) is 1.13. The minimum atomic E-state index is -1.80. The summed E-state index contributed by atoms with van der Waals surface area (Å²) in [7, 11) is 1.92. The number of fused-ring (bicyclic) bond motifs is 1. The van der Waals surface area contributed by atoms with Crippen LogP contribution in [0.25, 0.3) is 0 Å². The molecule has 0 saturated heterocycles. The number of hydrogen-bond donors (Lipinski definition) is 2. The molecule has 29 heavy (non-hydrogen) atoms. The SMILES string of the molecule is CN1CC=C2C(C#N)=C(NC(=O)CCl)C(C#N)(C#N)[C@H](c3ccc(O)cc3)[C@H]2C1. The number of carbonyl (C=O) groups excluding carboxylic acids is 1. The van der Waals surface area contributed by atoms with Gasteiger partial charge in [-0.1, -0.05) is 18.2 Å². The van der Waals surface area contributed by atoms with Crippen LogP contribution in [0.5, 0.6) is 5.75 Å². The molecule has 0 aromatic heterocycles. The molecule has 1 amide bonds. The highest BCUT2D eigenvalue weighted by molar-refractivity contribution is 6.27.